The zero-order valence-electron chi connectivity index (χ0n) is 6.93. The molecule has 0 bridgehead atoms. The van der Waals surface area contributed by atoms with Crippen molar-refractivity contribution in [2.45, 2.75) is 4.21 Å². The summed E-state index contributed by atoms with van der Waals surface area (Å²) in [4.78, 5) is 18.0. The Kier molecular flexibility index (Phi) is 2.80. The van der Waals surface area contributed by atoms with E-state index in [1.54, 1.807) is 24.7 Å². The maximum Gasteiger partial charge on any atom is 0.291 e. The molecule has 0 atom stereocenters. The van der Waals surface area contributed by atoms with Crippen LogP contribution in [0.5, 0.6) is 0 Å². The average Bonchev–Trinajstić information content (AvgIpc) is 2.76. The molecule has 0 saturated heterocycles. The van der Waals surface area contributed by atoms with Gasteiger partial charge in [-0.25, -0.2) is 9.36 Å². The fourth-order valence-electron chi connectivity index (χ4n) is 0.804. The van der Waals surface area contributed by atoms with Gasteiger partial charge in [0.2, 0.25) is 5.95 Å². The molecule has 0 aliphatic carbocycles. The van der Waals surface area contributed by atoms with Crippen LogP contribution >= 0.6 is 23.3 Å². The second-order valence-corrected chi connectivity index (χ2v) is 4.39. The van der Waals surface area contributed by atoms with Crippen LogP contribution in [-0.2, 0) is 0 Å². The van der Waals surface area contributed by atoms with Gasteiger partial charge in [0.1, 0.15) is 0 Å². The Hall–Kier alpha value is -1.34. The minimum atomic E-state index is -0.177. The van der Waals surface area contributed by atoms with E-state index in [4.69, 9.17) is 0 Å². The third-order valence-corrected chi connectivity index (χ3v) is 2.97. The van der Waals surface area contributed by atoms with Crippen LogP contribution in [-0.4, -0.2) is 19.6 Å². The monoisotopic (exact) mass is 226 g/mol. The van der Waals surface area contributed by atoms with Crippen LogP contribution in [0.15, 0.2) is 28.9 Å². The predicted molar refractivity (Wildman–Crippen MR) is 55.6 cm³/mol. The molecule has 0 unspecified atom stereocenters. The molecule has 0 radical (unpaired) electrons. The van der Waals surface area contributed by atoms with E-state index >= 15 is 0 Å². The number of hydrogen-bond acceptors (Lipinski definition) is 5. The highest BCUT2D eigenvalue weighted by molar-refractivity contribution is 8.15. The number of carbonyl (C=O) groups is 1. The average molecular weight is 226 g/mol. The fraction of sp³-hybridized carbons (Fsp3) is 0. The van der Waals surface area contributed by atoms with E-state index in [1.165, 1.54) is 11.5 Å². The van der Waals surface area contributed by atoms with Crippen molar-refractivity contribution >= 4 is 34.5 Å². The summed E-state index contributed by atoms with van der Waals surface area (Å²) in [6, 6.07) is 1.79. The number of H-pyrrole nitrogens is 1. The number of rotatable bonds is 2. The normalized spacial score (nSPS) is 10.0. The molecule has 2 aromatic heterocycles. The smallest absolute Gasteiger partial charge is 0.291 e. The lowest BCUT2D eigenvalue weighted by atomic mass is 10.8. The summed E-state index contributed by atoms with van der Waals surface area (Å²) < 4.78 is 4.75. The van der Waals surface area contributed by atoms with Crippen molar-refractivity contribution in [1.82, 2.24) is 14.3 Å². The van der Waals surface area contributed by atoms with E-state index in [-0.39, 0.29) is 5.24 Å². The summed E-state index contributed by atoms with van der Waals surface area (Å²) in [5.74, 6) is 0.451. The number of nitrogens with one attached hydrogen (secondary N) is 2. The second kappa shape index (κ2) is 4.25. The quantitative estimate of drug-likeness (QED) is 0.770. The number of aromatic amines is 1. The van der Waals surface area contributed by atoms with Crippen molar-refractivity contribution in [2.24, 2.45) is 0 Å². The van der Waals surface area contributed by atoms with Crippen LogP contribution in [0.4, 0.5) is 10.7 Å². The molecule has 2 rings (SSSR count). The molecule has 2 N–H and O–H groups in total. The number of nitrogens with zero attached hydrogens (tertiary/aromatic N) is 2. The zero-order chi connectivity index (χ0) is 9.80. The SMILES string of the molecule is O=C(Nc1ncc[nH]1)Sc1ccns1. The van der Waals surface area contributed by atoms with E-state index in [2.05, 4.69) is 19.7 Å². The molecule has 0 aliphatic heterocycles. The Morgan fingerprint density at radius 2 is 2.50 bits per heavy atom. The van der Waals surface area contributed by atoms with Gasteiger partial charge in [-0.05, 0) is 29.4 Å². The Bertz CT molecular complexity index is 359. The zero-order valence-corrected chi connectivity index (χ0v) is 8.56. The van der Waals surface area contributed by atoms with Gasteiger partial charge >= 0.3 is 0 Å². The summed E-state index contributed by atoms with van der Waals surface area (Å²) in [5, 5.41) is 2.42. The number of aromatic nitrogens is 3. The number of hydrogen-bond donors (Lipinski definition) is 2. The molecule has 14 heavy (non-hydrogen) atoms. The van der Waals surface area contributed by atoms with Crippen molar-refractivity contribution < 1.29 is 4.79 Å². The van der Waals surface area contributed by atoms with Gasteiger partial charge in [0.25, 0.3) is 5.24 Å². The summed E-state index contributed by atoms with van der Waals surface area (Å²) in [6.45, 7) is 0. The first-order chi connectivity index (χ1) is 6.84. The third kappa shape index (κ3) is 2.33. The minimum Gasteiger partial charge on any atom is -0.331 e. The topological polar surface area (TPSA) is 70.7 Å². The lowest BCUT2D eigenvalue weighted by Crippen LogP contribution is -2.05. The molecule has 0 spiro atoms. The Morgan fingerprint density at radius 3 is 3.14 bits per heavy atom. The van der Waals surface area contributed by atoms with Gasteiger partial charge in [-0.2, -0.15) is 0 Å². The molecule has 0 fully saturated rings. The van der Waals surface area contributed by atoms with Crippen LogP contribution < -0.4 is 5.32 Å². The van der Waals surface area contributed by atoms with Crippen molar-refractivity contribution in [3.63, 3.8) is 0 Å². The number of amides is 1. The van der Waals surface area contributed by atoms with Gasteiger partial charge < -0.3 is 4.98 Å². The molecule has 2 aromatic rings. The highest BCUT2D eigenvalue weighted by Gasteiger charge is 2.06. The number of imidazole rings is 1. The van der Waals surface area contributed by atoms with Crippen LogP contribution in [0.3, 0.4) is 0 Å². The molecule has 72 valence electrons. The van der Waals surface area contributed by atoms with Crippen molar-refractivity contribution in [1.29, 1.82) is 0 Å². The Labute approximate surface area is 88.1 Å². The van der Waals surface area contributed by atoms with E-state index < -0.39 is 0 Å². The van der Waals surface area contributed by atoms with Crippen LogP contribution in [0, 0.1) is 0 Å². The summed E-state index contributed by atoms with van der Waals surface area (Å²) in [6.07, 6.45) is 4.88. The molecule has 0 aliphatic rings. The first-order valence-corrected chi connectivity index (χ1v) is 5.32. The van der Waals surface area contributed by atoms with Gasteiger partial charge in [0.15, 0.2) is 0 Å². The first-order valence-electron chi connectivity index (χ1n) is 3.73. The summed E-state index contributed by atoms with van der Waals surface area (Å²) in [7, 11) is 0. The molecule has 1 amide bonds. The molecule has 5 nitrogen and oxygen atoms in total. The highest BCUT2D eigenvalue weighted by atomic mass is 32.2. The molecular weight excluding hydrogens is 220 g/mol. The fourth-order valence-corrected chi connectivity index (χ4v) is 2.12. The molecule has 0 saturated carbocycles. The van der Waals surface area contributed by atoms with E-state index in [0.29, 0.717) is 5.95 Å². The van der Waals surface area contributed by atoms with Crippen LogP contribution in [0.1, 0.15) is 0 Å². The van der Waals surface area contributed by atoms with E-state index in [9.17, 15) is 4.79 Å². The highest BCUT2D eigenvalue weighted by Crippen LogP contribution is 2.22. The Balaban J connectivity index is 1.91. The first kappa shape index (κ1) is 9.22. The predicted octanol–water partition coefficient (Wildman–Crippen LogP) is 2.19. The lowest BCUT2D eigenvalue weighted by Gasteiger charge is -1.97. The van der Waals surface area contributed by atoms with Crippen LogP contribution in [0.25, 0.3) is 0 Å². The molecule has 0 aromatic carbocycles. The lowest BCUT2D eigenvalue weighted by molar-refractivity contribution is 0.269. The molecule has 7 heteroatoms. The van der Waals surface area contributed by atoms with Crippen molar-refractivity contribution in [2.75, 3.05) is 5.32 Å². The van der Waals surface area contributed by atoms with Gasteiger partial charge in [-0.3, -0.25) is 10.1 Å². The third-order valence-electron chi connectivity index (χ3n) is 1.33. The van der Waals surface area contributed by atoms with Gasteiger partial charge in [0, 0.05) is 18.6 Å². The van der Waals surface area contributed by atoms with Crippen molar-refractivity contribution in [3.8, 4) is 0 Å². The molecule has 2 heterocycles. The Morgan fingerprint density at radius 1 is 1.57 bits per heavy atom. The maximum atomic E-state index is 11.3. The van der Waals surface area contributed by atoms with Crippen LogP contribution in [0.2, 0.25) is 0 Å². The van der Waals surface area contributed by atoms with Gasteiger partial charge in [-0.1, -0.05) is 0 Å². The number of carbonyl (C=O) groups excluding carboxylic acids is 1. The second-order valence-electron chi connectivity index (χ2n) is 2.28. The van der Waals surface area contributed by atoms with E-state index in [0.717, 1.165) is 16.0 Å². The summed E-state index contributed by atoms with van der Waals surface area (Å²) in [5.41, 5.74) is 0. The maximum absolute atomic E-state index is 11.3. The number of anilines is 1. The largest absolute Gasteiger partial charge is 0.331 e. The van der Waals surface area contributed by atoms with Gasteiger partial charge in [0.05, 0.1) is 4.21 Å². The van der Waals surface area contributed by atoms with Crippen molar-refractivity contribution in [3.05, 3.63) is 24.7 Å². The standard InChI is InChI=1S/C7H6N4OS2/c12-7(11-6-8-3-4-9-6)13-5-1-2-10-14-5/h1-4H,(H2,8,9,11,12). The van der Waals surface area contributed by atoms with Gasteiger partial charge in [-0.15, -0.1) is 0 Å². The summed E-state index contributed by atoms with van der Waals surface area (Å²) >= 11 is 2.38. The van der Waals surface area contributed by atoms with E-state index in [1.807, 2.05) is 0 Å². The molecular formula is C7H6N4OS2. The minimum absolute atomic E-state index is 0.177. The number of thioether (sulfide) groups is 1.